The van der Waals surface area contributed by atoms with Crippen LogP contribution < -0.4 is 5.32 Å². The van der Waals surface area contributed by atoms with Crippen molar-refractivity contribution in [2.75, 3.05) is 40.3 Å². The van der Waals surface area contributed by atoms with Gasteiger partial charge in [-0.1, -0.05) is 13.8 Å². The molecule has 0 amide bonds. The molecule has 0 bridgehead atoms. The summed E-state index contributed by atoms with van der Waals surface area (Å²) in [5.41, 5.74) is 0.481. The molecule has 17 heavy (non-hydrogen) atoms. The van der Waals surface area contributed by atoms with Crippen LogP contribution >= 0.6 is 0 Å². The largest absolute Gasteiger partial charge is 0.312 e. The van der Waals surface area contributed by atoms with Crippen molar-refractivity contribution in [2.24, 2.45) is 5.41 Å². The van der Waals surface area contributed by atoms with Gasteiger partial charge in [0.05, 0.1) is 0 Å². The van der Waals surface area contributed by atoms with E-state index in [-0.39, 0.29) is 0 Å². The average Bonchev–Trinajstić information content (AvgIpc) is 2.52. The number of hydrogen-bond acceptors (Lipinski definition) is 3. The first-order valence-corrected chi connectivity index (χ1v) is 6.92. The van der Waals surface area contributed by atoms with Crippen LogP contribution in [0.4, 0.5) is 0 Å². The first-order valence-electron chi connectivity index (χ1n) is 6.92. The van der Waals surface area contributed by atoms with Crippen molar-refractivity contribution in [2.45, 2.75) is 46.2 Å². The fourth-order valence-electron chi connectivity index (χ4n) is 2.53. The van der Waals surface area contributed by atoms with Gasteiger partial charge >= 0.3 is 0 Å². The molecule has 1 aliphatic rings. The summed E-state index contributed by atoms with van der Waals surface area (Å²) in [5, 5.41) is 3.66. The van der Waals surface area contributed by atoms with E-state index in [9.17, 15) is 0 Å². The summed E-state index contributed by atoms with van der Waals surface area (Å²) in [5.74, 6) is 0. The third-order valence-electron chi connectivity index (χ3n) is 3.69. The monoisotopic (exact) mass is 241 g/mol. The molecule has 0 spiro atoms. The molecule has 0 radical (unpaired) electrons. The molecular formula is C14H31N3. The van der Waals surface area contributed by atoms with E-state index in [1.165, 1.54) is 19.5 Å². The van der Waals surface area contributed by atoms with E-state index in [1.54, 1.807) is 0 Å². The van der Waals surface area contributed by atoms with E-state index in [0.717, 1.165) is 13.1 Å². The second-order valence-corrected chi connectivity index (χ2v) is 6.84. The summed E-state index contributed by atoms with van der Waals surface area (Å²) in [4.78, 5) is 4.86. The van der Waals surface area contributed by atoms with E-state index in [4.69, 9.17) is 0 Å². The first kappa shape index (κ1) is 14.9. The molecule has 0 aromatic heterocycles. The van der Waals surface area contributed by atoms with Crippen molar-refractivity contribution < 1.29 is 0 Å². The number of hydrogen-bond donors (Lipinski definition) is 1. The van der Waals surface area contributed by atoms with Crippen molar-refractivity contribution >= 4 is 0 Å². The highest BCUT2D eigenvalue weighted by Gasteiger charge is 2.31. The van der Waals surface area contributed by atoms with E-state index >= 15 is 0 Å². The minimum absolute atomic E-state index is 0.481. The van der Waals surface area contributed by atoms with Crippen LogP contribution in [0.2, 0.25) is 0 Å². The maximum Gasteiger partial charge on any atom is 0.0200 e. The van der Waals surface area contributed by atoms with Gasteiger partial charge in [0, 0.05) is 38.3 Å². The highest BCUT2D eigenvalue weighted by atomic mass is 15.2. The molecule has 3 heteroatoms. The second kappa shape index (κ2) is 6.17. The van der Waals surface area contributed by atoms with Crippen molar-refractivity contribution in [3.05, 3.63) is 0 Å². The quantitative estimate of drug-likeness (QED) is 0.763. The molecule has 1 rings (SSSR count). The van der Waals surface area contributed by atoms with Gasteiger partial charge in [-0.15, -0.1) is 0 Å². The Morgan fingerprint density at radius 1 is 1.24 bits per heavy atom. The molecule has 0 aliphatic carbocycles. The van der Waals surface area contributed by atoms with E-state index in [2.05, 4.69) is 56.9 Å². The molecule has 1 atom stereocenters. The minimum Gasteiger partial charge on any atom is -0.312 e. The van der Waals surface area contributed by atoms with E-state index < -0.39 is 0 Å². The summed E-state index contributed by atoms with van der Waals surface area (Å²) in [6, 6.07) is 1.31. The molecule has 102 valence electrons. The smallest absolute Gasteiger partial charge is 0.0200 e. The van der Waals surface area contributed by atoms with Gasteiger partial charge in [-0.25, -0.2) is 0 Å². The van der Waals surface area contributed by atoms with E-state index in [1.807, 2.05) is 0 Å². The average molecular weight is 241 g/mol. The zero-order chi connectivity index (χ0) is 13.1. The van der Waals surface area contributed by atoms with Crippen LogP contribution in [0.25, 0.3) is 0 Å². The Hall–Kier alpha value is -0.120. The molecular weight excluding hydrogens is 210 g/mol. The topological polar surface area (TPSA) is 18.5 Å². The van der Waals surface area contributed by atoms with Crippen LogP contribution in [-0.4, -0.2) is 62.2 Å². The van der Waals surface area contributed by atoms with Gasteiger partial charge in [-0.05, 0) is 39.8 Å². The summed E-state index contributed by atoms with van der Waals surface area (Å²) in [6.45, 7) is 14.0. The van der Waals surface area contributed by atoms with Gasteiger partial charge in [0.2, 0.25) is 0 Å². The molecule has 1 fully saturated rings. The van der Waals surface area contributed by atoms with Gasteiger partial charge in [0.25, 0.3) is 0 Å². The Kier molecular flexibility index (Phi) is 5.42. The Balaban J connectivity index is 2.39. The zero-order valence-corrected chi connectivity index (χ0v) is 12.6. The van der Waals surface area contributed by atoms with Crippen molar-refractivity contribution in [3.8, 4) is 0 Å². The lowest BCUT2D eigenvalue weighted by atomic mass is 9.90. The van der Waals surface area contributed by atoms with Crippen LogP contribution in [0, 0.1) is 5.41 Å². The molecule has 1 aliphatic heterocycles. The Bertz CT molecular complexity index is 224. The van der Waals surface area contributed by atoms with Crippen LogP contribution in [0.5, 0.6) is 0 Å². The maximum absolute atomic E-state index is 3.66. The van der Waals surface area contributed by atoms with Gasteiger partial charge in [-0.3, -0.25) is 4.90 Å². The van der Waals surface area contributed by atoms with Gasteiger partial charge < -0.3 is 10.2 Å². The molecule has 1 heterocycles. The summed E-state index contributed by atoms with van der Waals surface area (Å²) < 4.78 is 0. The molecule has 1 saturated heterocycles. The maximum atomic E-state index is 3.66. The molecule has 3 nitrogen and oxygen atoms in total. The number of rotatable bonds is 6. The predicted octanol–water partition coefficient (Wildman–Crippen LogP) is 1.65. The summed E-state index contributed by atoms with van der Waals surface area (Å²) in [6.07, 6.45) is 1.30. The van der Waals surface area contributed by atoms with Gasteiger partial charge in [-0.2, -0.15) is 0 Å². The van der Waals surface area contributed by atoms with Crippen LogP contribution in [0.3, 0.4) is 0 Å². The SMILES string of the molecule is CC(C)N(CCN(C)C)CC1CC(C)(C)CN1. The first-order chi connectivity index (χ1) is 7.80. The number of likely N-dealkylation sites (N-methyl/N-ethyl adjacent to an activating group) is 1. The van der Waals surface area contributed by atoms with Crippen LogP contribution in [0.1, 0.15) is 34.1 Å². The fraction of sp³-hybridized carbons (Fsp3) is 1.00. The minimum atomic E-state index is 0.481. The van der Waals surface area contributed by atoms with Gasteiger partial charge in [0.15, 0.2) is 0 Å². The molecule has 1 unspecified atom stereocenters. The van der Waals surface area contributed by atoms with Gasteiger partial charge in [0.1, 0.15) is 0 Å². The fourth-order valence-corrected chi connectivity index (χ4v) is 2.53. The molecule has 1 N–H and O–H groups in total. The highest BCUT2D eigenvalue weighted by molar-refractivity contribution is 4.89. The van der Waals surface area contributed by atoms with Crippen molar-refractivity contribution in [1.29, 1.82) is 0 Å². The highest BCUT2D eigenvalue weighted by Crippen LogP contribution is 2.27. The summed E-state index contributed by atoms with van der Waals surface area (Å²) >= 11 is 0. The van der Waals surface area contributed by atoms with Crippen LogP contribution in [-0.2, 0) is 0 Å². The molecule has 0 saturated carbocycles. The zero-order valence-electron chi connectivity index (χ0n) is 12.6. The van der Waals surface area contributed by atoms with Crippen molar-refractivity contribution in [1.82, 2.24) is 15.1 Å². The lowest BCUT2D eigenvalue weighted by Gasteiger charge is -2.30. The normalized spacial score (nSPS) is 24.2. The predicted molar refractivity (Wildman–Crippen MR) is 75.5 cm³/mol. The number of nitrogens with one attached hydrogen (secondary N) is 1. The lowest BCUT2D eigenvalue weighted by molar-refractivity contribution is 0.181. The number of nitrogens with zero attached hydrogens (tertiary/aromatic N) is 2. The lowest BCUT2D eigenvalue weighted by Crippen LogP contribution is -2.44. The van der Waals surface area contributed by atoms with Crippen LogP contribution in [0.15, 0.2) is 0 Å². The molecule has 0 aromatic rings. The third kappa shape index (κ3) is 5.36. The Morgan fingerprint density at radius 2 is 1.88 bits per heavy atom. The van der Waals surface area contributed by atoms with Crippen molar-refractivity contribution in [3.63, 3.8) is 0 Å². The molecule has 0 aromatic carbocycles. The second-order valence-electron chi connectivity index (χ2n) is 6.84. The van der Waals surface area contributed by atoms with E-state index in [0.29, 0.717) is 17.5 Å². The Morgan fingerprint density at radius 3 is 2.29 bits per heavy atom. The summed E-state index contributed by atoms with van der Waals surface area (Å²) in [7, 11) is 4.30. The Labute approximate surface area is 108 Å². The third-order valence-corrected chi connectivity index (χ3v) is 3.69. The standard InChI is InChI=1S/C14H31N3/c1-12(2)17(8-7-16(5)6)10-13-9-14(3,4)11-15-13/h12-13,15H,7-11H2,1-6H3.